The molecule has 5 heteroatoms. The summed E-state index contributed by atoms with van der Waals surface area (Å²) in [6.45, 7) is -0.229. The lowest BCUT2D eigenvalue weighted by Gasteiger charge is -2.08. The van der Waals surface area contributed by atoms with Crippen LogP contribution in [0.15, 0.2) is 42.5 Å². The summed E-state index contributed by atoms with van der Waals surface area (Å²) < 4.78 is 0. The minimum absolute atomic E-state index is 0.229. The van der Waals surface area contributed by atoms with Crippen molar-refractivity contribution in [2.24, 2.45) is 0 Å². The van der Waals surface area contributed by atoms with Crippen molar-refractivity contribution in [2.45, 2.75) is 0 Å². The van der Waals surface area contributed by atoms with Gasteiger partial charge in [-0.25, -0.2) is 0 Å². The van der Waals surface area contributed by atoms with Crippen LogP contribution in [0.5, 0.6) is 0 Å². The SMILES string of the molecule is O=C(Nc1cc(C#CCO)ccc1Cl)c1cccc(Cl)c1. The van der Waals surface area contributed by atoms with Crippen LogP contribution < -0.4 is 5.32 Å². The predicted octanol–water partition coefficient (Wildman–Crippen LogP) is 3.59. The fourth-order valence-electron chi connectivity index (χ4n) is 1.66. The lowest BCUT2D eigenvalue weighted by molar-refractivity contribution is 0.102. The predicted molar refractivity (Wildman–Crippen MR) is 84.8 cm³/mol. The van der Waals surface area contributed by atoms with Crippen molar-refractivity contribution in [3.63, 3.8) is 0 Å². The van der Waals surface area contributed by atoms with Crippen molar-refractivity contribution in [2.75, 3.05) is 11.9 Å². The van der Waals surface area contributed by atoms with E-state index in [0.29, 0.717) is 26.9 Å². The zero-order chi connectivity index (χ0) is 15.2. The molecule has 1 amide bonds. The molecule has 0 saturated carbocycles. The molecule has 0 aliphatic heterocycles. The van der Waals surface area contributed by atoms with Gasteiger partial charge in [0.25, 0.3) is 5.91 Å². The molecule has 2 rings (SSSR count). The van der Waals surface area contributed by atoms with E-state index in [9.17, 15) is 4.79 Å². The smallest absolute Gasteiger partial charge is 0.255 e. The Morgan fingerprint density at radius 3 is 2.71 bits per heavy atom. The molecule has 0 heterocycles. The topological polar surface area (TPSA) is 49.3 Å². The number of nitrogens with one attached hydrogen (secondary N) is 1. The summed E-state index contributed by atoms with van der Waals surface area (Å²) in [5, 5.41) is 12.3. The molecule has 0 aliphatic carbocycles. The fraction of sp³-hybridized carbons (Fsp3) is 0.0625. The standard InChI is InChI=1S/C16H11Cl2NO2/c17-13-5-1-4-12(10-13)16(21)19-15-9-11(3-2-8-20)6-7-14(15)18/h1,4-7,9-10,20H,8H2,(H,19,21). The van der Waals surface area contributed by atoms with Crippen molar-refractivity contribution >= 4 is 34.8 Å². The minimum Gasteiger partial charge on any atom is -0.384 e. The molecule has 0 aromatic heterocycles. The Morgan fingerprint density at radius 1 is 1.19 bits per heavy atom. The Labute approximate surface area is 132 Å². The lowest BCUT2D eigenvalue weighted by Crippen LogP contribution is -2.12. The number of hydrogen-bond acceptors (Lipinski definition) is 2. The van der Waals surface area contributed by atoms with Crippen molar-refractivity contribution in [3.05, 3.63) is 63.6 Å². The van der Waals surface area contributed by atoms with Crippen LogP contribution in [-0.4, -0.2) is 17.6 Å². The van der Waals surface area contributed by atoms with Crippen LogP contribution in [0.4, 0.5) is 5.69 Å². The quantitative estimate of drug-likeness (QED) is 0.831. The Balaban J connectivity index is 2.24. The number of aliphatic hydroxyl groups excluding tert-OH is 1. The largest absolute Gasteiger partial charge is 0.384 e. The summed E-state index contributed by atoms with van der Waals surface area (Å²) in [4.78, 5) is 12.1. The molecule has 0 atom stereocenters. The van der Waals surface area contributed by atoms with Crippen LogP contribution in [0.2, 0.25) is 10.0 Å². The van der Waals surface area contributed by atoms with E-state index < -0.39 is 0 Å². The molecule has 2 N–H and O–H groups in total. The van der Waals surface area contributed by atoms with E-state index in [2.05, 4.69) is 17.2 Å². The van der Waals surface area contributed by atoms with Crippen LogP contribution in [-0.2, 0) is 0 Å². The highest BCUT2D eigenvalue weighted by molar-refractivity contribution is 6.34. The van der Waals surface area contributed by atoms with Gasteiger partial charge in [0.1, 0.15) is 6.61 Å². The molecule has 0 fully saturated rings. The second kappa shape index (κ2) is 7.14. The van der Waals surface area contributed by atoms with Crippen molar-refractivity contribution in [1.29, 1.82) is 0 Å². The minimum atomic E-state index is -0.313. The molecular formula is C16H11Cl2NO2. The van der Waals surface area contributed by atoms with Crippen LogP contribution in [0.25, 0.3) is 0 Å². The number of aliphatic hydroxyl groups is 1. The van der Waals surface area contributed by atoms with Gasteiger partial charge in [-0.1, -0.05) is 41.1 Å². The zero-order valence-corrected chi connectivity index (χ0v) is 12.4. The van der Waals surface area contributed by atoms with Gasteiger partial charge in [-0.05, 0) is 36.4 Å². The van der Waals surface area contributed by atoms with Gasteiger partial charge >= 0.3 is 0 Å². The number of benzene rings is 2. The fourth-order valence-corrected chi connectivity index (χ4v) is 2.02. The van der Waals surface area contributed by atoms with E-state index in [1.807, 2.05) is 0 Å². The zero-order valence-electron chi connectivity index (χ0n) is 10.9. The summed E-state index contributed by atoms with van der Waals surface area (Å²) in [7, 11) is 0. The molecule has 0 saturated heterocycles. The maximum Gasteiger partial charge on any atom is 0.255 e. The van der Waals surface area contributed by atoms with Crippen molar-refractivity contribution in [1.82, 2.24) is 0 Å². The highest BCUT2D eigenvalue weighted by atomic mass is 35.5. The first-order valence-corrected chi connectivity index (χ1v) is 6.82. The van der Waals surface area contributed by atoms with Crippen LogP contribution in [0, 0.1) is 11.8 Å². The van der Waals surface area contributed by atoms with E-state index >= 15 is 0 Å². The van der Waals surface area contributed by atoms with Crippen molar-refractivity contribution < 1.29 is 9.90 Å². The van der Waals surface area contributed by atoms with Gasteiger partial charge in [-0.15, -0.1) is 0 Å². The maximum absolute atomic E-state index is 12.1. The maximum atomic E-state index is 12.1. The number of halogens is 2. The summed E-state index contributed by atoms with van der Waals surface area (Å²) in [5.41, 5.74) is 1.53. The van der Waals surface area contributed by atoms with E-state index in [0.717, 1.165) is 0 Å². The Morgan fingerprint density at radius 2 is 2.00 bits per heavy atom. The molecule has 3 nitrogen and oxygen atoms in total. The van der Waals surface area contributed by atoms with Gasteiger partial charge in [0.15, 0.2) is 0 Å². The summed E-state index contributed by atoms with van der Waals surface area (Å²) in [6.07, 6.45) is 0. The molecular weight excluding hydrogens is 309 g/mol. The third-order valence-corrected chi connectivity index (χ3v) is 3.18. The van der Waals surface area contributed by atoms with Crippen LogP contribution in [0.3, 0.4) is 0 Å². The first kappa shape index (κ1) is 15.4. The molecule has 2 aromatic carbocycles. The summed E-state index contributed by atoms with van der Waals surface area (Å²) in [5.74, 6) is 4.98. The second-order valence-electron chi connectivity index (χ2n) is 4.12. The summed E-state index contributed by atoms with van der Waals surface area (Å²) in [6, 6.07) is 11.6. The van der Waals surface area contributed by atoms with Gasteiger partial charge in [0, 0.05) is 16.1 Å². The van der Waals surface area contributed by atoms with E-state index in [4.69, 9.17) is 28.3 Å². The first-order valence-electron chi connectivity index (χ1n) is 6.06. The monoisotopic (exact) mass is 319 g/mol. The second-order valence-corrected chi connectivity index (χ2v) is 4.96. The molecule has 0 unspecified atom stereocenters. The van der Waals surface area contributed by atoms with Gasteiger partial charge in [0.05, 0.1) is 10.7 Å². The lowest BCUT2D eigenvalue weighted by atomic mass is 10.1. The van der Waals surface area contributed by atoms with E-state index in [-0.39, 0.29) is 12.5 Å². The van der Waals surface area contributed by atoms with Gasteiger partial charge in [-0.2, -0.15) is 0 Å². The molecule has 0 bridgehead atoms. The average Bonchev–Trinajstić information content (AvgIpc) is 2.48. The molecule has 0 radical (unpaired) electrons. The Bertz CT molecular complexity index is 733. The van der Waals surface area contributed by atoms with Crippen molar-refractivity contribution in [3.8, 4) is 11.8 Å². The number of hydrogen-bond donors (Lipinski definition) is 2. The van der Waals surface area contributed by atoms with Crippen LogP contribution >= 0.6 is 23.2 Å². The molecule has 106 valence electrons. The van der Waals surface area contributed by atoms with E-state index in [1.54, 1.807) is 42.5 Å². The highest BCUT2D eigenvalue weighted by Crippen LogP contribution is 2.23. The average molecular weight is 320 g/mol. The molecule has 2 aromatic rings. The Kier molecular flexibility index (Phi) is 5.24. The number of rotatable bonds is 2. The first-order chi connectivity index (χ1) is 10.1. The number of carbonyl (C=O) groups is 1. The highest BCUT2D eigenvalue weighted by Gasteiger charge is 2.09. The number of anilines is 1. The molecule has 0 spiro atoms. The van der Waals surface area contributed by atoms with Crippen LogP contribution in [0.1, 0.15) is 15.9 Å². The molecule has 21 heavy (non-hydrogen) atoms. The molecule has 0 aliphatic rings. The van der Waals surface area contributed by atoms with Gasteiger partial charge in [0.2, 0.25) is 0 Å². The Hall–Kier alpha value is -1.99. The third kappa shape index (κ3) is 4.24. The number of amides is 1. The van der Waals surface area contributed by atoms with Gasteiger partial charge < -0.3 is 10.4 Å². The van der Waals surface area contributed by atoms with E-state index in [1.165, 1.54) is 0 Å². The normalized spacial score (nSPS) is 9.67. The van der Waals surface area contributed by atoms with Gasteiger partial charge in [-0.3, -0.25) is 4.79 Å². The third-order valence-electron chi connectivity index (χ3n) is 2.61. The number of carbonyl (C=O) groups excluding carboxylic acids is 1. The summed E-state index contributed by atoms with van der Waals surface area (Å²) >= 11 is 11.9.